The number of amides is 1. The van der Waals surface area contributed by atoms with Crippen LogP contribution in [-0.4, -0.2) is 45.7 Å². The number of aryl methyl sites for hydroxylation is 2. The standard InChI is InChI=1S/C18H22N6O2/c1-12-3-4-16-15(9-12)20-22-24(16)14-5-7-23(8-6-14)11-18(25)19-17-10-13(2)26-21-17/h3-4,9-10,14H,5-8,11H2,1-2H3,(H,19,21,25)/p+1. The number of anilines is 1. The fourth-order valence-corrected chi connectivity index (χ4v) is 3.59. The van der Waals surface area contributed by atoms with Crippen molar-refractivity contribution in [3.63, 3.8) is 0 Å². The van der Waals surface area contributed by atoms with Gasteiger partial charge in [-0.2, -0.15) is 0 Å². The molecule has 26 heavy (non-hydrogen) atoms. The van der Waals surface area contributed by atoms with Crippen molar-refractivity contribution in [2.24, 2.45) is 0 Å². The molecule has 0 atom stereocenters. The van der Waals surface area contributed by atoms with Gasteiger partial charge in [-0.1, -0.05) is 16.4 Å². The first-order valence-corrected chi connectivity index (χ1v) is 8.97. The van der Waals surface area contributed by atoms with Crippen molar-refractivity contribution in [1.29, 1.82) is 0 Å². The van der Waals surface area contributed by atoms with Crippen molar-refractivity contribution in [2.75, 3.05) is 25.0 Å². The zero-order chi connectivity index (χ0) is 18.1. The second-order valence-corrected chi connectivity index (χ2v) is 7.06. The molecule has 136 valence electrons. The van der Waals surface area contributed by atoms with Gasteiger partial charge >= 0.3 is 0 Å². The Labute approximate surface area is 151 Å². The molecule has 0 spiro atoms. The number of hydrogen-bond acceptors (Lipinski definition) is 5. The summed E-state index contributed by atoms with van der Waals surface area (Å²) in [5, 5.41) is 15.2. The summed E-state index contributed by atoms with van der Waals surface area (Å²) in [4.78, 5) is 13.4. The van der Waals surface area contributed by atoms with E-state index in [9.17, 15) is 4.79 Å². The number of carbonyl (C=O) groups is 1. The zero-order valence-corrected chi connectivity index (χ0v) is 15.0. The first kappa shape index (κ1) is 16.7. The molecule has 1 aliphatic rings. The first-order chi connectivity index (χ1) is 12.6. The number of aromatic nitrogens is 4. The van der Waals surface area contributed by atoms with Crippen LogP contribution in [0.3, 0.4) is 0 Å². The van der Waals surface area contributed by atoms with Crippen LogP contribution in [0.5, 0.6) is 0 Å². The fraction of sp³-hybridized carbons (Fsp3) is 0.444. The van der Waals surface area contributed by atoms with Gasteiger partial charge in [0.15, 0.2) is 12.4 Å². The second-order valence-electron chi connectivity index (χ2n) is 7.06. The molecule has 0 bridgehead atoms. The van der Waals surface area contributed by atoms with Gasteiger partial charge in [-0.25, -0.2) is 4.68 Å². The molecule has 1 fully saturated rings. The maximum Gasteiger partial charge on any atom is 0.280 e. The minimum absolute atomic E-state index is 0.0339. The van der Waals surface area contributed by atoms with Crippen molar-refractivity contribution >= 4 is 22.8 Å². The summed E-state index contributed by atoms with van der Waals surface area (Å²) in [6.07, 6.45) is 1.97. The third-order valence-corrected chi connectivity index (χ3v) is 4.94. The Morgan fingerprint density at radius 3 is 2.85 bits per heavy atom. The number of nitrogens with one attached hydrogen (secondary N) is 2. The minimum atomic E-state index is -0.0339. The number of quaternary nitrogens is 1. The van der Waals surface area contributed by atoms with Gasteiger partial charge in [0.1, 0.15) is 11.3 Å². The fourth-order valence-electron chi connectivity index (χ4n) is 3.59. The predicted molar refractivity (Wildman–Crippen MR) is 96.0 cm³/mol. The second kappa shape index (κ2) is 6.87. The summed E-state index contributed by atoms with van der Waals surface area (Å²) in [6.45, 7) is 6.17. The number of piperidine rings is 1. The van der Waals surface area contributed by atoms with Crippen LogP contribution < -0.4 is 10.2 Å². The summed E-state index contributed by atoms with van der Waals surface area (Å²) in [5.41, 5.74) is 3.22. The quantitative estimate of drug-likeness (QED) is 0.726. The van der Waals surface area contributed by atoms with Crippen LogP contribution in [0.4, 0.5) is 5.82 Å². The molecular formula is C18H23N6O2+. The Bertz CT molecular complexity index is 923. The minimum Gasteiger partial charge on any atom is -0.360 e. The largest absolute Gasteiger partial charge is 0.360 e. The van der Waals surface area contributed by atoms with Gasteiger partial charge in [0, 0.05) is 18.9 Å². The Hall–Kier alpha value is -2.74. The molecule has 3 aromatic rings. The van der Waals surface area contributed by atoms with Crippen LogP contribution in [0.15, 0.2) is 28.8 Å². The third-order valence-electron chi connectivity index (χ3n) is 4.94. The Kier molecular flexibility index (Phi) is 4.42. The number of likely N-dealkylation sites (tertiary alicyclic amines) is 1. The normalized spacial score (nSPS) is 20.4. The first-order valence-electron chi connectivity index (χ1n) is 8.97. The van der Waals surface area contributed by atoms with Crippen LogP contribution in [0, 0.1) is 13.8 Å². The van der Waals surface area contributed by atoms with E-state index >= 15 is 0 Å². The number of benzene rings is 1. The highest BCUT2D eigenvalue weighted by Gasteiger charge is 2.27. The van der Waals surface area contributed by atoms with Crippen LogP contribution in [-0.2, 0) is 4.79 Å². The van der Waals surface area contributed by atoms with E-state index in [1.165, 1.54) is 10.5 Å². The average Bonchev–Trinajstić information content (AvgIpc) is 3.21. The number of rotatable bonds is 4. The Morgan fingerprint density at radius 1 is 1.31 bits per heavy atom. The molecule has 4 rings (SSSR count). The molecule has 1 aromatic carbocycles. The van der Waals surface area contributed by atoms with E-state index < -0.39 is 0 Å². The molecule has 2 aromatic heterocycles. The van der Waals surface area contributed by atoms with Gasteiger partial charge in [-0.05, 0) is 31.5 Å². The molecule has 3 heterocycles. The predicted octanol–water partition coefficient (Wildman–Crippen LogP) is 0.895. The molecule has 1 aliphatic heterocycles. The van der Waals surface area contributed by atoms with Crippen molar-refractivity contribution < 1.29 is 14.2 Å². The third kappa shape index (κ3) is 3.45. The van der Waals surface area contributed by atoms with Crippen molar-refractivity contribution in [3.05, 3.63) is 35.6 Å². The molecule has 0 radical (unpaired) electrons. The van der Waals surface area contributed by atoms with E-state index in [4.69, 9.17) is 4.52 Å². The number of nitrogens with zero attached hydrogens (tertiary/aromatic N) is 4. The molecule has 2 N–H and O–H groups in total. The van der Waals surface area contributed by atoms with E-state index in [0.29, 0.717) is 24.2 Å². The summed E-state index contributed by atoms with van der Waals surface area (Å²) < 4.78 is 7.01. The molecule has 0 aliphatic carbocycles. The smallest absolute Gasteiger partial charge is 0.280 e. The maximum absolute atomic E-state index is 12.2. The number of hydrogen-bond donors (Lipinski definition) is 2. The average molecular weight is 355 g/mol. The van der Waals surface area contributed by atoms with Crippen molar-refractivity contribution in [3.8, 4) is 0 Å². The Balaban J connectivity index is 1.34. The Morgan fingerprint density at radius 2 is 2.12 bits per heavy atom. The van der Waals surface area contributed by atoms with E-state index in [2.05, 4.69) is 45.9 Å². The highest BCUT2D eigenvalue weighted by molar-refractivity contribution is 5.90. The molecule has 1 amide bonds. The summed E-state index contributed by atoms with van der Waals surface area (Å²) in [6, 6.07) is 8.31. The summed E-state index contributed by atoms with van der Waals surface area (Å²) in [5.74, 6) is 1.13. The topological polar surface area (TPSA) is 90.3 Å². The van der Waals surface area contributed by atoms with Crippen LogP contribution in [0.25, 0.3) is 11.0 Å². The molecule has 1 saturated heterocycles. The van der Waals surface area contributed by atoms with Gasteiger partial charge in [0.05, 0.1) is 24.6 Å². The lowest BCUT2D eigenvalue weighted by atomic mass is 10.0. The SMILES string of the molecule is Cc1ccc2c(c1)nnn2C1CC[NH+](CC(=O)Nc2cc(C)on2)CC1. The molecule has 0 unspecified atom stereocenters. The molecule has 8 nitrogen and oxygen atoms in total. The zero-order valence-electron chi connectivity index (χ0n) is 15.0. The molecular weight excluding hydrogens is 332 g/mol. The maximum atomic E-state index is 12.2. The van der Waals surface area contributed by atoms with Gasteiger partial charge in [0.25, 0.3) is 5.91 Å². The lowest BCUT2D eigenvalue weighted by Crippen LogP contribution is -3.14. The van der Waals surface area contributed by atoms with Crippen molar-refractivity contribution in [2.45, 2.75) is 32.7 Å². The van der Waals surface area contributed by atoms with E-state index in [-0.39, 0.29) is 5.91 Å². The van der Waals surface area contributed by atoms with Crippen LogP contribution in [0.2, 0.25) is 0 Å². The lowest BCUT2D eigenvalue weighted by Gasteiger charge is -2.28. The van der Waals surface area contributed by atoms with Gasteiger partial charge in [-0.15, -0.1) is 5.10 Å². The highest BCUT2D eigenvalue weighted by Crippen LogP contribution is 2.22. The van der Waals surface area contributed by atoms with E-state index in [1.54, 1.807) is 13.0 Å². The van der Waals surface area contributed by atoms with Gasteiger partial charge < -0.3 is 14.7 Å². The molecule has 8 heteroatoms. The monoisotopic (exact) mass is 355 g/mol. The summed E-state index contributed by atoms with van der Waals surface area (Å²) >= 11 is 0. The number of carbonyl (C=O) groups excluding carboxylic acids is 1. The van der Waals surface area contributed by atoms with Crippen LogP contribution in [0.1, 0.15) is 30.2 Å². The molecule has 0 saturated carbocycles. The lowest BCUT2D eigenvalue weighted by molar-refractivity contribution is -0.897. The van der Waals surface area contributed by atoms with Gasteiger partial charge in [0.2, 0.25) is 0 Å². The summed E-state index contributed by atoms with van der Waals surface area (Å²) in [7, 11) is 0. The van der Waals surface area contributed by atoms with Crippen LogP contribution >= 0.6 is 0 Å². The van der Waals surface area contributed by atoms with E-state index in [0.717, 1.165) is 37.0 Å². The van der Waals surface area contributed by atoms with E-state index in [1.807, 2.05) is 4.68 Å². The van der Waals surface area contributed by atoms with Crippen molar-refractivity contribution in [1.82, 2.24) is 20.2 Å². The van der Waals surface area contributed by atoms with Gasteiger partial charge in [-0.3, -0.25) is 4.79 Å². The number of fused-ring (bicyclic) bond motifs is 1. The highest BCUT2D eigenvalue weighted by atomic mass is 16.5.